The van der Waals surface area contributed by atoms with Gasteiger partial charge in [0.15, 0.2) is 5.82 Å². The van der Waals surface area contributed by atoms with Gasteiger partial charge in [-0.1, -0.05) is 19.0 Å². The van der Waals surface area contributed by atoms with E-state index in [-0.39, 0.29) is 5.41 Å². The summed E-state index contributed by atoms with van der Waals surface area (Å²) >= 11 is 1.65. The molecule has 0 spiro atoms. The van der Waals surface area contributed by atoms with E-state index in [1.807, 2.05) is 6.92 Å². The summed E-state index contributed by atoms with van der Waals surface area (Å²) in [4.78, 5) is 9.09. The van der Waals surface area contributed by atoms with E-state index >= 15 is 0 Å². The second-order valence-electron chi connectivity index (χ2n) is 5.79. The molecule has 1 saturated heterocycles. The number of hydrogen-bond donors (Lipinski definition) is 1. The molecule has 0 aromatic carbocycles. The number of thiazole rings is 1. The predicted octanol–water partition coefficient (Wildman–Crippen LogP) is 2.31. The summed E-state index contributed by atoms with van der Waals surface area (Å²) in [5, 5.41) is 10.7. The third-order valence-corrected chi connectivity index (χ3v) is 5.02. The summed E-state index contributed by atoms with van der Waals surface area (Å²) in [5.74, 6) is 1.99. The van der Waals surface area contributed by atoms with Crippen LogP contribution >= 0.6 is 11.3 Å². The minimum Gasteiger partial charge on any atom is -0.339 e. The van der Waals surface area contributed by atoms with Gasteiger partial charge in [-0.2, -0.15) is 4.98 Å². The van der Waals surface area contributed by atoms with Crippen molar-refractivity contribution in [2.45, 2.75) is 39.0 Å². The number of nitrogens with zero attached hydrogens (tertiary/aromatic N) is 3. The van der Waals surface area contributed by atoms with Crippen LogP contribution in [0.5, 0.6) is 0 Å². The zero-order valence-corrected chi connectivity index (χ0v) is 13.0. The third kappa shape index (κ3) is 2.38. The van der Waals surface area contributed by atoms with Crippen LogP contribution in [0.2, 0.25) is 0 Å². The molecule has 20 heavy (non-hydrogen) atoms. The Bertz CT molecular complexity index is 584. The van der Waals surface area contributed by atoms with Gasteiger partial charge in [0.05, 0.1) is 22.5 Å². The smallest absolute Gasteiger partial charge is 0.234 e. The van der Waals surface area contributed by atoms with Crippen molar-refractivity contribution >= 4 is 11.3 Å². The normalized spacial score (nSPS) is 22.8. The van der Waals surface area contributed by atoms with Crippen molar-refractivity contribution in [1.29, 1.82) is 0 Å². The molecule has 108 valence electrons. The Labute approximate surface area is 122 Å². The van der Waals surface area contributed by atoms with Crippen molar-refractivity contribution in [2.24, 2.45) is 5.92 Å². The number of aromatic nitrogens is 3. The fraction of sp³-hybridized carbons (Fsp3) is 0.643. The molecule has 2 aromatic rings. The second kappa shape index (κ2) is 5.26. The maximum absolute atomic E-state index is 5.57. The van der Waals surface area contributed by atoms with Crippen LogP contribution in [0.15, 0.2) is 9.90 Å². The van der Waals surface area contributed by atoms with E-state index in [1.165, 1.54) is 0 Å². The van der Waals surface area contributed by atoms with Crippen molar-refractivity contribution in [3.63, 3.8) is 0 Å². The van der Waals surface area contributed by atoms with Crippen molar-refractivity contribution in [1.82, 2.24) is 20.4 Å². The summed E-state index contributed by atoms with van der Waals surface area (Å²) in [5.41, 5.74) is 1.01. The largest absolute Gasteiger partial charge is 0.339 e. The Morgan fingerprint density at radius 1 is 1.45 bits per heavy atom. The van der Waals surface area contributed by atoms with Crippen molar-refractivity contribution in [2.75, 3.05) is 13.1 Å². The standard InChI is InChI=1S/C14H20N4OS/c1-9(2)14(4-5-15-8-14)13-17-12(18-19-13)6-11-7-20-10(3)16-11/h7,9,15H,4-6,8H2,1-3H3. The number of aryl methyl sites for hydroxylation is 1. The van der Waals surface area contributed by atoms with Crippen molar-refractivity contribution in [3.8, 4) is 0 Å². The lowest BCUT2D eigenvalue weighted by Crippen LogP contribution is -2.35. The zero-order valence-electron chi connectivity index (χ0n) is 12.1. The van der Waals surface area contributed by atoms with Gasteiger partial charge < -0.3 is 9.84 Å². The molecule has 3 heterocycles. The molecule has 1 fully saturated rings. The Balaban J connectivity index is 1.82. The van der Waals surface area contributed by atoms with E-state index in [0.717, 1.165) is 41.9 Å². The minimum absolute atomic E-state index is 0.0107. The minimum atomic E-state index is -0.0107. The van der Waals surface area contributed by atoms with E-state index < -0.39 is 0 Å². The van der Waals surface area contributed by atoms with Gasteiger partial charge in [0.25, 0.3) is 0 Å². The van der Waals surface area contributed by atoms with Gasteiger partial charge in [0.1, 0.15) is 0 Å². The van der Waals surface area contributed by atoms with Gasteiger partial charge in [-0.3, -0.25) is 0 Å². The topological polar surface area (TPSA) is 63.8 Å². The molecule has 1 aliphatic rings. The van der Waals surface area contributed by atoms with E-state index in [9.17, 15) is 0 Å². The highest BCUT2D eigenvalue weighted by Gasteiger charge is 2.43. The molecule has 2 aromatic heterocycles. The molecule has 3 rings (SSSR count). The summed E-state index contributed by atoms with van der Waals surface area (Å²) in [6.07, 6.45) is 1.71. The Hall–Kier alpha value is -1.27. The van der Waals surface area contributed by atoms with E-state index in [0.29, 0.717) is 12.3 Å². The van der Waals surface area contributed by atoms with Gasteiger partial charge in [0.2, 0.25) is 5.89 Å². The van der Waals surface area contributed by atoms with Gasteiger partial charge >= 0.3 is 0 Å². The molecule has 6 heteroatoms. The molecule has 0 radical (unpaired) electrons. The molecule has 1 aliphatic heterocycles. The fourth-order valence-corrected chi connectivity index (χ4v) is 3.43. The molecule has 1 unspecified atom stereocenters. The summed E-state index contributed by atoms with van der Waals surface area (Å²) < 4.78 is 5.57. The Morgan fingerprint density at radius 3 is 2.90 bits per heavy atom. The van der Waals surface area contributed by atoms with Crippen LogP contribution in [0.3, 0.4) is 0 Å². The van der Waals surface area contributed by atoms with E-state index in [2.05, 4.69) is 39.7 Å². The highest BCUT2D eigenvalue weighted by molar-refractivity contribution is 7.09. The first-order valence-electron chi connectivity index (χ1n) is 7.05. The summed E-state index contributed by atoms with van der Waals surface area (Å²) in [6.45, 7) is 8.39. The average molecular weight is 292 g/mol. The van der Waals surface area contributed by atoms with Crippen LogP contribution < -0.4 is 5.32 Å². The lowest BCUT2D eigenvalue weighted by Gasteiger charge is -2.28. The van der Waals surface area contributed by atoms with E-state index in [1.54, 1.807) is 11.3 Å². The fourth-order valence-electron chi connectivity index (χ4n) is 2.81. The van der Waals surface area contributed by atoms with Crippen LogP contribution in [0.1, 0.15) is 42.7 Å². The molecule has 0 aliphatic carbocycles. The lowest BCUT2D eigenvalue weighted by atomic mass is 9.76. The molecule has 1 N–H and O–H groups in total. The first-order chi connectivity index (χ1) is 9.60. The van der Waals surface area contributed by atoms with Crippen LogP contribution in [0.25, 0.3) is 0 Å². The first kappa shape index (κ1) is 13.7. The van der Waals surface area contributed by atoms with Gasteiger partial charge in [-0.25, -0.2) is 4.98 Å². The first-order valence-corrected chi connectivity index (χ1v) is 7.93. The maximum atomic E-state index is 5.57. The van der Waals surface area contributed by atoms with Gasteiger partial charge in [0, 0.05) is 11.9 Å². The monoisotopic (exact) mass is 292 g/mol. The Kier molecular flexibility index (Phi) is 3.60. The predicted molar refractivity (Wildman–Crippen MR) is 78.0 cm³/mol. The second-order valence-corrected chi connectivity index (χ2v) is 6.85. The molecule has 0 saturated carbocycles. The molecule has 0 bridgehead atoms. The van der Waals surface area contributed by atoms with Gasteiger partial charge in [-0.05, 0) is 25.8 Å². The quantitative estimate of drug-likeness (QED) is 0.937. The third-order valence-electron chi connectivity index (χ3n) is 4.19. The summed E-state index contributed by atoms with van der Waals surface area (Å²) in [6, 6.07) is 0. The maximum Gasteiger partial charge on any atom is 0.234 e. The number of nitrogens with one attached hydrogen (secondary N) is 1. The van der Waals surface area contributed by atoms with Crippen molar-refractivity contribution in [3.05, 3.63) is 27.8 Å². The molecule has 0 amide bonds. The molecule has 5 nitrogen and oxygen atoms in total. The van der Waals surface area contributed by atoms with Crippen LogP contribution in [0.4, 0.5) is 0 Å². The Morgan fingerprint density at radius 2 is 2.30 bits per heavy atom. The van der Waals surface area contributed by atoms with E-state index in [4.69, 9.17) is 4.52 Å². The highest BCUT2D eigenvalue weighted by atomic mass is 32.1. The molecule has 1 atom stereocenters. The van der Waals surface area contributed by atoms with Crippen LogP contribution in [-0.4, -0.2) is 28.2 Å². The molecular formula is C14H20N4OS. The highest BCUT2D eigenvalue weighted by Crippen LogP contribution is 2.36. The SMILES string of the molecule is Cc1nc(Cc2noc(C3(C(C)C)CCNC3)n2)cs1. The van der Waals surface area contributed by atoms with Gasteiger partial charge in [-0.15, -0.1) is 11.3 Å². The molecular weight excluding hydrogens is 272 g/mol. The van der Waals surface area contributed by atoms with Crippen LogP contribution in [-0.2, 0) is 11.8 Å². The average Bonchev–Trinajstić information content (AvgIpc) is 3.10. The lowest BCUT2D eigenvalue weighted by molar-refractivity contribution is 0.234. The number of hydrogen-bond acceptors (Lipinski definition) is 6. The van der Waals surface area contributed by atoms with Crippen LogP contribution in [0, 0.1) is 12.8 Å². The zero-order chi connectivity index (χ0) is 14.2. The van der Waals surface area contributed by atoms with Crippen molar-refractivity contribution < 1.29 is 4.52 Å². The summed E-state index contributed by atoms with van der Waals surface area (Å²) in [7, 11) is 0. The number of rotatable bonds is 4.